The average molecular weight is 281 g/mol. The molecule has 0 aliphatic heterocycles. The van der Waals surface area contributed by atoms with Gasteiger partial charge >= 0.3 is 0 Å². The first kappa shape index (κ1) is 11.2. The van der Waals surface area contributed by atoms with Crippen LogP contribution in [0.4, 0.5) is 11.5 Å². The van der Waals surface area contributed by atoms with E-state index in [-0.39, 0.29) is 0 Å². The lowest BCUT2D eigenvalue weighted by atomic mass is 10.3. The van der Waals surface area contributed by atoms with Crippen LogP contribution in [-0.2, 0) is 0 Å². The molecule has 2 N–H and O–H groups in total. The Labute approximate surface area is 103 Å². The number of nitrogen functional groups attached to an aromatic ring is 1. The predicted molar refractivity (Wildman–Crippen MR) is 66.9 cm³/mol. The van der Waals surface area contributed by atoms with Gasteiger partial charge in [0.2, 0.25) is 0 Å². The third-order valence-corrected chi connectivity index (χ3v) is 3.15. The molecule has 1 fully saturated rings. The number of nitriles is 1. The maximum absolute atomic E-state index is 8.65. The minimum atomic E-state index is 0.523. The van der Waals surface area contributed by atoms with Crippen LogP contribution in [0.15, 0.2) is 16.7 Å². The second-order valence-electron chi connectivity index (χ2n) is 3.91. The van der Waals surface area contributed by atoms with Crippen molar-refractivity contribution in [3.05, 3.63) is 16.7 Å². The van der Waals surface area contributed by atoms with Crippen LogP contribution in [0.3, 0.4) is 0 Å². The van der Waals surface area contributed by atoms with E-state index in [1.807, 2.05) is 6.07 Å². The van der Waals surface area contributed by atoms with E-state index in [1.54, 1.807) is 6.20 Å². The highest BCUT2D eigenvalue weighted by atomic mass is 79.9. The Kier molecular flexibility index (Phi) is 3.30. The normalized spacial score (nSPS) is 14.5. The molecule has 1 saturated carbocycles. The maximum atomic E-state index is 8.65. The second-order valence-corrected chi connectivity index (χ2v) is 4.76. The van der Waals surface area contributed by atoms with E-state index >= 15 is 0 Å². The molecule has 0 atom stereocenters. The molecule has 1 aromatic rings. The SMILES string of the molecule is N#CCCN(c1ncc(N)cc1Br)C1CC1. The van der Waals surface area contributed by atoms with Gasteiger partial charge in [-0.15, -0.1) is 0 Å². The number of pyridine rings is 1. The van der Waals surface area contributed by atoms with Crippen LogP contribution in [0.1, 0.15) is 19.3 Å². The van der Waals surface area contributed by atoms with Crippen molar-refractivity contribution in [1.29, 1.82) is 5.26 Å². The largest absolute Gasteiger partial charge is 0.397 e. The van der Waals surface area contributed by atoms with E-state index in [0.717, 1.165) is 16.8 Å². The first-order valence-corrected chi connectivity index (χ1v) is 6.06. The fourth-order valence-electron chi connectivity index (χ4n) is 1.67. The average Bonchev–Trinajstić information content (AvgIpc) is 3.05. The smallest absolute Gasteiger partial charge is 0.143 e. The van der Waals surface area contributed by atoms with Crippen LogP contribution in [0.2, 0.25) is 0 Å². The van der Waals surface area contributed by atoms with E-state index in [2.05, 4.69) is 31.9 Å². The number of hydrogen-bond donors (Lipinski definition) is 1. The summed E-state index contributed by atoms with van der Waals surface area (Å²) >= 11 is 3.47. The minimum absolute atomic E-state index is 0.523. The van der Waals surface area contributed by atoms with Crippen LogP contribution in [0, 0.1) is 11.3 Å². The number of rotatable bonds is 4. The van der Waals surface area contributed by atoms with Gasteiger partial charge in [0.15, 0.2) is 0 Å². The van der Waals surface area contributed by atoms with Crippen molar-refractivity contribution in [3.63, 3.8) is 0 Å². The zero-order valence-corrected chi connectivity index (χ0v) is 10.4. The van der Waals surface area contributed by atoms with Gasteiger partial charge in [-0.25, -0.2) is 4.98 Å². The van der Waals surface area contributed by atoms with E-state index in [9.17, 15) is 0 Å². The Morgan fingerprint density at radius 2 is 2.38 bits per heavy atom. The summed E-state index contributed by atoms with van der Waals surface area (Å²) in [5, 5.41) is 8.65. The number of hydrogen-bond acceptors (Lipinski definition) is 4. The lowest BCUT2D eigenvalue weighted by molar-refractivity contribution is 0.776. The summed E-state index contributed by atoms with van der Waals surface area (Å²) in [6.07, 6.45) is 4.55. The van der Waals surface area contributed by atoms with Gasteiger partial charge in [0.05, 0.1) is 28.8 Å². The molecule has 0 bridgehead atoms. The standard InChI is InChI=1S/C11H13BrN4/c12-10-6-8(14)7-15-11(10)16(5-1-4-13)9-2-3-9/h6-7,9H,1-3,5,14H2. The topological polar surface area (TPSA) is 65.9 Å². The molecule has 0 aromatic carbocycles. The zero-order valence-electron chi connectivity index (χ0n) is 8.86. The Morgan fingerprint density at radius 3 is 2.94 bits per heavy atom. The fraction of sp³-hybridized carbons (Fsp3) is 0.455. The van der Waals surface area contributed by atoms with Crippen LogP contribution in [0.25, 0.3) is 0 Å². The molecule has 0 amide bonds. The number of nitrogens with zero attached hydrogens (tertiary/aromatic N) is 3. The monoisotopic (exact) mass is 280 g/mol. The molecule has 2 rings (SSSR count). The minimum Gasteiger partial charge on any atom is -0.397 e. The summed E-state index contributed by atoms with van der Waals surface area (Å²) < 4.78 is 0.900. The van der Waals surface area contributed by atoms with Gasteiger partial charge in [-0.3, -0.25) is 0 Å². The number of nitrogens with two attached hydrogens (primary N) is 1. The molecule has 1 aromatic heterocycles. The van der Waals surface area contributed by atoms with Crippen molar-refractivity contribution in [2.45, 2.75) is 25.3 Å². The van der Waals surface area contributed by atoms with Crippen LogP contribution < -0.4 is 10.6 Å². The fourth-order valence-corrected chi connectivity index (χ4v) is 2.27. The van der Waals surface area contributed by atoms with Crippen molar-refractivity contribution < 1.29 is 0 Å². The summed E-state index contributed by atoms with van der Waals surface area (Å²) in [6.45, 7) is 0.733. The lowest BCUT2D eigenvalue weighted by Gasteiger charge is -2.23. The highest BCUT2D eigenvalue weighted by molar-refractivity contribution is 9.10. The third-order valence-electron chi connectivity index (χ3n) is 2.57. The Hall–Kier alpha value is -1.28. The van der Waals surface area contributed by atoms with E-state index in [0.29, 0.717) is 18.2 Å². The van der Waals surface area contributed by atoms with E-state index in [1.165, 1.54) is 12.8 Å². The van der Waals surface area contributed by atoms with Gasteiger partial charge in [0, 0.05) is 12.6 Å². The van der Waals surface area contributed by atoms with Gasteiger partial charge in [0.1, 0.15) is 5.82 Å². The summed E-state index contributed by atoms with van der Waals surface area (Å²) in [6, 6.07) is 4.57. The number of halogens is 1. The second kappa shape index (κ2) is 4.71. The molecule has 4 nitrogen and oxygen atoms in total. The molecule has 0 saturated heterocycles. The van der Waals surface area contributed by atoms with Crippen LogP contribution in [0.5, 0.6) is 0 Å². The molecule has 0 spiro atoms. The highest BCUT2D eigenvalue weighted by Gasteiger charge is 2.30. The third kappa shape index (κ3) is 2.45. The van der Waals surface area contributed by atoms with Gasteiger partial charge in [-0.2, -0.15) is 5.26 Å². The maximum Gasteiger partial charge on any atom is 0.143 e. The molecule has 5 heteroatoms. The van der Waals surface area contributed by atoms with Crippen molar-refractivity contribution in [3.8, 4) is 6.07 Å². The van der Waals surface area contributed by atoms with Crippen LogP contribution in [-0.4, -0.2) is 17.6 Å². The number of anilines is 2. The molecule has 84 valence electrons. The lowest BCUT2D eigenvalue weighted by Crippen LogP contribution is -2.27. The van der Waals surface area contributed by atoms with Crippen molar-refractivity contribution >= 4 is 27.4 Å². The molecule has 1 heterocycles. The summed E-state index contributed by atoms with van der Waals surface area (Å²) in [5.74, 6) is 0.895. The molecule has 16 heavy (non-hydrogen) atoms. The zero-order chi connectivity index (χ0) is 11.5. The van der Waals surface area contributed by atoms with E-state index in [4.69, 9.17) is 11.0 Å². The Bertz CT molecular complexity index is 422. The van der Waals surface area contributed by atoms with Crippen molar-refractivity contribution in [1.82, 2.24) is 4.98 Å². The first-order valence-electron chi connectivity index (χ1n) is 5.27. The molecule has 1 aliphatic rings. The molecule has 0 unspecified atom stereocenters. The van der Waals surface area contributed by atoms with Gasteiger partial charge < -0.3 is 10.6 Å². The van der Waals surface area contributed by atoms with Gasteiger partial charge in [-0.05, 0) is 34.8 Å². The summed E-state index contributed by atoms with van der Waals surface area (Å²) in [5.41, 5.74) is 6.30. The Morgan fingerprint density at radius 1 is 1.62 bits per heavy atom. The quantitative estimate of drug-likeness (QED) is 0.919. The van der Waals surface area contributed by atoms with Crippen molar-refractivity contribution in [2.24, 2.45) is 0 Å². The summed E-state index contributed by atoms with van der Waals surface area (Å²) in [4.78, 5) is 6.52. The summed E-state index contributed by atoms with van der Waals surface area (Å²) in [7, 11) is 0. The molecule has 0 radical (unpaired) electrons. The van der Waals surface area contributed by atoms with E-state index < -0.39 is 0 Å². The van der Waals surface area contributed by atoms with Gasteiger partial charge in [-0.1, -0.05) is 0 Å². The molecular weight excluding hydrogens is 268 g/mol. The van der Waals surface area contributed by atoms with Crippen molar-refractivity contribution in [2.75, 3.05) is 17.2 Å². The van der Waals surface area contributed by atoms with Gasteiger partial charge in [0.25, 0.3) is 0 Å². The first-order chi connectivity index (χ1) is 7.72. The predicted octanol–water partition coefficient (Wildman–Crippen LogP) is 2.31. The van der Waals surface area contributed by atoms with Crippen LogP contribution >= 0.6 is 15.9 Å². The molecule has 1 aliphatic carbocycles. The number of aromatic nitrogens is 1. The highest BCUT2D eigenvalue weighted by Crippen LogP contribution is 2.34. The Balaban J connectivity index is 2.21. The molecular formula is C11H13BrN4.